The topological polar surface area (TPSA) is 67.3 Å². The van der Waals surface area contributed by atoms with Gasteiger partial charge in [0.15, 0.2) is 0 Å². The monoisotopic (exact) mass is 362 g/mol. The van der Waals surface area contributed by atoms with Crippen LogP contribution in [0.5, 0.6) is 5.88 Å². The Hall–Kier alpha value is -1.99. The summed E-state index contributed by atoms with van der Waals surface area (Å²) in [6.07, 6.45) is 1.70. The van der Waals surface area contributed by atoms with Gasteiger partial charge in [-0.2, -0.15) is 0 Å². The van der Waals surface area contributed by atoms with E-state index in [-0.39, 0.29) is 5.91 Å². The molecule has 0 spiro atoms. The second-order valence-corrected chi connectivity index (χ2v) is 7.17. The molecule has 1 N–H and O–H groups in total. The Balaban J connectivity index is 1.93. The van der Waals surface area contributed by atoms with Crippen molar-refractivity contribution in [1.29, 1.82) is 0 Å². The molecule has 0 aliphatic rings. The van der Waals surface area contributed by atoms with Crippen LogP contribution in [0.25, 0.3) is 10.6 Å². The molecule has 2 aromatic heterocycles. The fraction of sp³-hybridized carbons (Fsp3) is 0.500. The molecule has 2 heterocycles. The average Bonchev–Trinajstić information content (AvgIpc) is 3.08. The summed E-state index contributed by atoms with van der Waals surface area (Å²) in [5, 5.41) is 5.50. The molecule has 0 saturated heterocycles. The molecule has 0 atom stereocenters. The van der Waals surface area contributed by atoms with E-state index in [1.165, 1.54) is 11.3 Å². The second-order valence-electron chi connectivity index (χ2n) is 6.31. The number of methoxy groups -OCH3 is 1. The Bertz CT molecular complexity index is 675. The van der Waals surface area contributed by atoms with Gasteiger partial charge in [0.05, 0.1) is 7.11 Å². The van der Waals surface area contributed by atoms with Crippen molar-refractivity contribution < 1.29 is 9.53 Å². The molecule has 0 fully saturated rings. The lowest BCUT2D eigenvalue weighted by Crippen LogP contribution is -2.42. The van der Waals surface area contributed by atoms with E-state index in [1.807, 2.05) is 6.07 Å². The van der Waals surface area contributed by atoms with Crippen molar-refractivity contribution in [3.63, 3.8) is 0 Å². The SMILES string of the molecule is COc1ccc(-c2nc(C(=O)NCCN(C(C)C)C(C)C)cs2)cn1. The van der Waals surface area contributed by atoms with E-state index in [0.717, 1.165) is 17.1 Å². The molecule has 0 unspecified atom stereocenters. The summed E-state index contributed by atoms with van der Waals surface area (Å²) in [5.41, 5.74) is 1.31. The lowest BCUT2D eigenvalue weighted by Gasteiger charge is -2.30. The Morgan fingerprint density at radius 3 is 2.56 bits per heavy atom. The van der Waals surface area contributed by atoms with E-state index in [1.54, 1.807) is 24.8 Å². The number of rotatable bonds is 8. The van der Waals surface area contributed by atoms with Gasteiger partial charge in [0.2, 0.25) is 5.88 Å². The van der Waals surface area contributed by atoms with Crippen LogP contribution >= 0.6 is 11.3 Å². The number of ether oxygens (including phenoxy) is 1. The van der Waals surface area contributed by atoms with Gasteiger partial charge in [-0.1, -0.05) is 0 Å². The lowest BCUT2D eigenvalue weighted by atomic mass is 10.2. The van der Waals surface area contributed by atoms with Crippen molar-refractivity contribution in [3.8, 4) is 16.5 Å². The number of nitrogens with one attached hydrogen (secondary N) is 1. The first-order valence-corrected chi connectivity index (χ1v) is 9.30. The van der Waals surface area contributed by atoms with Crippen LogP contribution in [0.2, 0.25) is 0 Å². The summed E-state index contributed by atoms with van der Waals surface area (Å²) in [5.74, 6) is 0.412. The lowest BCUT2D eigenvalue weighted by molar-refractivity contribution is 0.0935. The van der Waals surface area contributed by atoms with Crippen LogP contribution < -0.4 is 10.1 Å². The van der Waals surface area contributed by atoms with Crippen LogP contribution in [0.4, 0.5) is 0 Å². The first-order chi connectivity index (χ1) is 11.9. The molecule has 7 heteroatoms. The van der Waals surface area contributed by atoms with Crippen LogP contribution in [0.1, 0.15) is 38.2 Å². The number of amides is 1. The number of carbonyl (C=O) groups is 1. The zero-order valence-electron chi connectivity index (χ0n) is 15.4. The van der Waals surface area contributed by atoms with Crippen molar-refractivity contribution in [1.82, 2.24) is 20.2 Å². The molecule has 6 nitrogen and oxygen atoms in total. The molecular formula is C18H26N4O2S. The van der Waals surface area contributed by atoms with Crippen molar-refractivity contribution in [2.45, 2.75) is 39.8 Å². The molecule has 0 aromatic carbocycles. The van der Waals surface area contributed by atoms with E-state index in [9.17, 15) is 4.79 Å². The molecule has 2 aromatic rings. The molecule has 0 bridgehead atoms. The van der Waals surface area contributed by atoms with E-state index in [0.29, 0.717) is 30.2 Å². The Morgan fingerprint density at radius 1 is 1.28 bits per heavy atom. The molecule has 0 aliphatic carbocycles. The molecule has 0 aliphatic heterocycles. The summed E-state index contributed by atoms with van der Waals surface area (Å²) in [7, 11) is 1.58. The van der Waals surface area contributed by atoms with Gasteiger partial charge in [-0.05, 0) is 33.8 Å². The van der Waals surface area contributed by atoms with Crippen LogP contribution in [0, 0.1) is 0 Å². The normalized spacial score (nSPS) is 11.4. The van der Waals surface area contributed by atoms with Gasteiger partial charge in [0.25, 0.3) is 5.91 Å². The highest BCUT2D eigenvalue weighted by Crippen LogP contribution is 2.24. The van der Waals surface area contributed by atoms with E-state index >= 15 is 0 Å². The molecule has 136 valence electrons. The van der Waals surface area contributed by atoms with Crippen LogP contribution in [-0.2, 0) is 0 Å². The average molecular weight is 362 g/mol. The van der Waals surface area contributed by atoms with Gasteiger partial charge < -0.3 is 10.1 Å². The first-order valence-electron chi connectivity index (χ1n) is 8.42. The van der Waals surface area contributed by atoms with Gasteiger partial charge in [-0.25, -0.2) is 9.97 Å². The van der Waals surface area contributed by atoms with Crippen molar-refractivity contribution >= 4 is 17.2 Å². The number of carbonyl (C=O) groups excluding carboxylic acids is 1. The Kier molecular flexibility index (Phi) is 6.90. The Labute approximate surface area is 153 Å². The maximum absolute atomic E-state index is 12.3. The van der Waals surface area contributed by atoms with Crippen LogP contribution in [0.15, 0.2) is 23.7 Å². The fourth-order valence-electron chi connectivity index (χ4n) is 2.64. The molecule has 0 saturated carbocycles. The molecule has 2 rings (SSSR count). The van der Waals surface area contributed by atoms with E-state index < -0.39 is 0 Å². The number of nitrogens with zero attached hydrogens (tertiary/aromatic N) is 3. The van der Waals surface area contributed by atoms with Crippen LogP contribution in [0.3, 0.4) is 0 Å². The Morgan fingerprint density at radius 2 is 2.00 bits per heavy atom. The van der Waals surface area contributed by atoms with Crippen LogP contribution in [-0.4, -0.2) is 53.1 Å². The standard InChI is InChI=1S/C18H26N4O2S/c1-12(2)22(13(3)4)9-8-19-17(23)15-11-25-18(21-15)14-6-7-16(24-5)20-10-14/h6-7,10-13H,8-9H2,1-5H3,(H,19,23). The van der Waals surface area contributed by atoms with Gasteiger partial charge in [0.1, 0.15) is 10.7 Å². The van der Waals surface area contributed by atoms with Gasteiger partial charge in [0, 0.05) is 48.4 Å². The second kappa shape index (κ2) is 8.92. The molecule has 25 heavy (non-hydrogen) atoms. The van der Waals surface area contributed by atoms with Crippen molar-refractivity contribution in [3.05, 3.63) is 29.4 Å². The first kappa shape index (κ1) is 19.3. The molecule has 1 amide bonds. The summed E-state index contributed by atoms with van der Waals surface area (Å²) in [4.78, 5) is 23.2. The van der Waals surface area contributed by atoms with Gasteiger partial charge in [-0.3, -0.25) is 9.69 Å². The summed E-state index contributed by atoms with van der Waals surface area (Å²) in [6, 6.07) is 4.56. The van der Waals surface area contributed by atoms with E-state index in [2.05, 4.69) is 47.9 Å². The maximum Gasteiger partial charge on any atom is 0.270 e. The number of hydrogen-bond acceptors (Lipinski definition) is 6. The fourth-order valence-corrected chi connectivity index (χ4v) is 3.43. The van der Waals surface area contributed by atoms with Gasteiger partial charge >= 0.3 is 0 Å². The predicted molar refractivity (Wildman–Crippen MR) is 101 cm³/mol. The zero-order valence-corrected chi connectivity index (χ0v) is 16.3. The number of pyridine rings is 1. The van der Waals surface area contributed by atoms with Crippen molar-refractivity contribution in [2.75, 3.05) is 20.2 Å². The highest BCUT2D eigenvalue weighted by atomic mass is 32.1. The minimum atomic E-state index is -0.142. The predicted octanol–water partition coefficient (Wildman–Crippen LogP) is 3.06. The third-order valence-corrected chi connectivity index (χ3v) is 4.80. The third kappa shape index (κ3) is 5.24. The quantitative estimate of drug-likeness (QED) is 0.782. The minimum absolute atomic E-state index is 0.142. The smallest absolute Gasteiger partial charge is 0.270 e. The summed E-state index contributed by atoms with van der Waals surface area (Å²) in [6.45, 7) is 10.1. The van der Waals surface area contributed by atoms with E-state index in [4.69, 9.17) is 4.74 Å². The number of hydrogen-bond donors (Lipinski definition) is 1. The summed E-state index contributed by atoms with van der Waals surface area (Å²) >= 11 is 1.43. The number of thiazole rings is 1. The molecular weight excluding hydrogens is 336 g/mol. The van der Waals surface area contributed by atoms with Gasteiger partial charge in [-0.15, -0.1) is 11.3 Å². The van der Waals surface area contributed by atoms with Crippen molar-refractivity contribution in [2.24, 2.45) is 0 Å². The maximum atomic E-state index is 12.3. The highest BCUT2D eigenvalue weighted by molar-refractivity contribution is 7.13. The number of aromatic nitrogens is 2. The zero-order chi connectivity index (χ0) is 18.4. The summed E-state index contributed by atoms with van der Waals surface area (Å²) < 4.78 is 5.05. The minimum Gasteiger partial charge on any atom is -0.481 e. The third-order valence-electron chi connectivity index (χ3n) is 3.91. The largest absolute Gasteiger partial charge is 0.481 e. The molecule has 0 radical (unpaired) electrons. The highest BCUT2D eigenvalue weighted by Gasteiger charge is 2.15.